The third kappa shape index (κ3) is 3.90. The monoisotopic (exact) mass is 356 g/mol. The van der Waals surface area contributed by atoms with Crippen LogP contribution in [0.3, 0.4) is 0 Å². The number of fused-ring (bicyclic) bond motifs is 1. The average molecular weight is 356 g/mol. The van der Waals surface area contributed by atoms with E-state index in [4.69, 9.17) is 14.2 Å². The van der Waals surface area contributed by atoms with Crippen molar-refractivity contribution in [3.8, 4) is 6.07 Å². The summed E-state index contributed by atoms with van der Waals surface area (Å²) in [6, 6.07) is 9.39. The number of ether oxygens (including phenoxy) is 3. The first-order valence-corrected chi connectivity index (χ1v) is 8.39. The van der Waals surface area contributed by atoms with Crippen molar-refractivity contribution in [2.24, 2.45) is 0 Å². The van der Waals surface area contributed by atoms with Crippen molar-refractivity contribution in [3.05, 3.63) is 30.0 Å². The molecule has 0 spiro atoms. The minimum Gasteiger partial charge on any atom is -0.462 e. The van der Waals surface area contributed by atoms with Crippen molar-refractivity contribution >= 4 is 22.8 Å². The minimum atomic E-state index is -1.15. The molecule has 0 amide bonds. The van der Waals surface area contributed by atoms with E-state index in [0.717, 1.165) is 0 Å². The van der Waals surface area contributed by atoms with Crippen LogP contribution in [-0.2, 0) is 19.0 Å². The predicted molar refractivity (Wildman–Crippen MR) is 93.8 cm³/mol. The highest BCUT2D eigenvalue weighted by Crippen LogP contribution is 2.28. The van der Waals surface area contributed by atoms with Gasteiger partial charge in [-0.3, -0.25) is 4.79 Å². The molecular weight excluding hydrogens is 336 g/mol. The molecule has 1 aliphatic heterocycles. The summed E-state index contributed by atoms with van der Waals surface area (Å²) in [6.45, 7) is 2.71. The number of anilines is 1. The fourth-order valence-corrected chi connectivity index (χ4v) is 2.74. The lowest BCUT2D eigenvalue weighted by Crippen LogP contribution is -2.38. The van der Waals surface area contributed by atoms with Gasteiger partial charge in [-0.25, -0.2) is 9.97 Å². The molecule has 8 heteroatoms. The van der Waals surface area contributed by atoms with Gasteiger partial charge in [0.25, 0.3) is 0 Å². The first-order valence-electron chi connectivity index (χ1n) is 8.39. The number of nitriles is 1. The second-order valence-electron chi connectivity index (χ2n) is 5.74. The topological polar surface area (TPSA) is 97.6 Å². The van der Waals surface area contributed by atoms with Crippen LogP contribution < -0.4 is 4.90 Å². The maximum Gasteiger partial charge on any atom is 0.329 e. The number of nitrogens with zero attached hydrogens (tertiary/aromatic N) is 4. The van der Waals surface area contributed by atoms with E-state index in [1.54, 1.807) is 6.07 Å². The van der Waals surface area contributed by atoms with E-state index in [1.807, 2.05) is 29.2 Å². The third-order valence-electron chi connectivity index (χ3n) is 4.06. The molecular formula is C18H20N4O4. The normalized spacial score (nSPS) is 15.5. The lowest BCUT2D eigenvalue weighted by Gasteiger charge is -2.29. The number of hydrogen-bond acceptors (Lipinski definition) is 8. The number of para-hydroxylation sites is 2. The van der Waals surface area contributed by atoms with Crippen molar-refractivity contribution in [3.63, 3.8) is 0 Å². The Morgan fingerprint density at radius 1 is 1.27 bits per heavy atom. The second kappa shape index (κ2) is 8.56. The Hall–Kier alpha value is -2.76. The Morgan fingerprint density at radius 2 is 1.96 bits per heavy atom. The Kier molecular flexibility index (Phi) is 5.94. The van der Waals surface area contributed by atoms with Crippen molar-refractivity contribution in [2.75, 3.05) is 51.5 Å². The highest BCUT2D eigenvalue weighted by atomic mass is 16.6. The zero-order valence-corrected chi connectivity index (χ0v) is 14.6. The maximum absolute atomic E-state index is 12.4. The number of methoxy groups -OCH3 is 1. The molecule has 1 fully saturated rings. The molecule has 1 aromatic carbocycles. The zero-order chi connectivity index (χ0) is 18.4. The second-order valence-corrected chi connectivity index (χ2v) is 5.74. The molecule has 26 heavy (non-hydrogen) atoms. The van der Waals surface area contributed by atoms with Gasteiger partial charge in [0.2, 0.25) is 0 Å². The smallest absolute Gasteiger partial charge is 0.329 e. The molecule has 1 aliphatic rings. The van der Waals surface area contributed by atoms with Gasteiger partial charge in [-0.15, -0.1) is 0 Å². The molecule has 0 saturated carbocycles. The van der Waals surface area contributed by atoms with Crippen molar-refractivity contribution in [2.45, 2.75) is 5.92 Å². The molecule has 0 N–H and O–H groups in total. The summed E-state index contributed by atoms with van der Waals surface area (Å²) in [6.07, 6.45) is 0. The van der Waals surface area contributed by atoms with E-state index in [9.17, 15) is 10.1 Å². The Labute approximate surface area is 151 Å². The Balaban J connectivity index is 2.00. The predicted octanol–water partition coefficient (Wildman–Crippen LogP) is 1.26. The van der Waals surface area contributed by atoms with E-state index < -0.39 is 11.9 Å². The number of morpholine rings is 1. The van der Waals surface area contributed by atoms with Crippen LogP contribution in [-0.4, -0.2) is 62.6 Å². The maximum atomic E-state index is 12.4. The number of carbonyl (C=O) groups is 1. The molecule has 8 nitrogen and oxygen atoms in total. The standard InChI is InChI=1S/C18H20N4O4/c1-24-10-11-26-18(23)13(12-19)16-17(22-6-8-25-9-7-22)21-15-5-3-2-4-14(15)20-16/h2-5,13H,6-11H2,1H3. The minimum absolute atomic E-state index is 0.0847. The fraction of sp³-hybridized carbons (Fsp3) is 0.444. The number of rotatable bonds is 6. The first kappa shape index (κ1) is 18.0. The number of carbonyl (C=O) groups excluding carboxylic acids is 1. The van der Waals surface area contributed by atoms with Crippen molar-refractivity contribution in [1.29, 1.82) is 5.26 Å². The van der Waals surface area contributed by atoms with Gasteiger partial charge in [0.15, 0.2) is 11.7 Å². The number of esters is 1. The molecule has 1 atom stereocenters. The highest BCUT2D eigenvalue weighted by molar-refractivity contribution is 5.85. The zero-order valence-electron chi connectivity index (χ0n) is 14.6. The largest absolute Gasteiger partial charge is 0.462 e. The molecule has 0 radical (unpaired) electrons. The van der Waals surface area contributed by atoms with Crippen molar-refractivity contribution < 1.29 is 19.0 Å². The summed E-state index contributed by atoms with van der Waals surface area (Å²) in [5.74, 6) is -1.27. The molecule has 0 bridgehead atoms. The summed E-state index contributed by atoms with van der Waals surface area (Å²) in [4.78, 5) is 23.6. The van der Waals surface area contributed by atoms with Crippen molar-refractivity contribution in [1.82, 2.24) is 9.97 Å². The lowest BCUT2D eigenvalue weighted by atomic mass is 10.1. The first-order chi connectivity index (χ1) is 12.7. The summed E-state index contributed by atoms with van der Waals surface area (Å²) < 4.78 is 15.4. The van der Waals surface area contributed by atoms with Crippen LogP contribution in [0.15, 0.2) is 24.3 Å². The number of aromatic nitrogens is 2. The van der Waals surface area contributed by atoms with E-state index in [1.165, 1.54) is 7.11 Å². The number of hydrogen-bond donors (Lipinski definition) is 0. The van der Waals surface area contributed by atoms with Gasteiger partial charge in [-0.05, 0) is 12.1 Å². The number of benzene rings is 1. The van der Waals surface area contributed by atoms with E-state index in [-0.39, 0.29) is 13.2 Å². The van der Waals surface area contributed by atoms with E-state index >= 15 is 0 Å². The SMILES string of the molecule is COCCOC(=O)C(C#N)c1nc2ccccc2nc1N1CCOCC1. The van der Waals surface area contributed by atoms with Crippen LogP contribution in [0.4, 0.5) is 5.82 Å². The quantitative estimate of drug-likeness (QED) is 0.564. The lowest BCUT2D eigenvalue weighted by molar-refractivity contribution is -0.145. The summed E-state index contributed by atoms with van der Waals surface area (Å²) in [7, 11) is 1.51. The van der Waals surface area contributed by atoms with E-state index in [2.05, 4.69) is 9.97 Å². The molecule has 3 rings (SSSR count). The van der Waals surface area contributed by atoms with Crippen LogP contribution in [0.25, 0.3) is 11.0 Å². The molecule has 1 aromatic heterocycles. The fourth-order valence-electron chi connectivity index (χ4n) is 2.74. The van der Waals surface area contributed by atoms with Gasteiger partial charge < -0.3 is 19.1 Å². The molecule has 1 saturated heterocycles. The van der Waals surface area contributed by atoms with Gasteiger partial charge in [0.05, 0.1) is 36.9 Å². The molecule has 2 aromatic rings. The van der Waals surface area contributed by atoms with Crippen LogP contribution in [0.5, 0.6) is 0 Å². The van der Waals surface area contributed by atoms with E-state index in [0.29, 0.717) is 48.8 Å². The molecule has 2 heterocycles. The van der Waals surface area contributed by atoms with Gasteiger partial charge in [0.1, 0.15) is 12.3 Å². The summed E-state index contributed by atoms with van der Waals surface area (Å²) in [5, 5.41) is 9.61. The molecule has 0 aliphatic carbocycles. The van der Waals surface area contributed by atoms with Gasteiger partial charge in [-0.2, -0.15) is 5.26 Å². The van der Waals surface area contributed by atoms with Crippen LogP contribution in [0.1, 0.15) is 11.6 Å². The van der Waals surface area contributed by atoms with Gasteiger partial charge in [0, 0.05) is 20.2 Å². The van der Waals surface area contributed by atoms with Crippen LogP contribution >= 0.6 is 0 Å². The molecule has 1 unspecified atom stereocenters. The average Bonchev–Trinajstić information content (AvgIpc) is 2.69. The van der Waals surface area contributed by atoms with Crippen LogP contribution in [0.2, 0.25) is 0 Å². The molecule has 136 valence electrons. The van der Waals surface area contributed by atoms with Gasteiger partial charge >= 0.3 is 5.97 Å². The Morgan fingerprint density at radius 3 is 2.62 bits per heavy atom. The van der Waals surface area contributed by atoms with Crippen LogP contribution in [0, 0.1) is 11.3 Å². The highest BCUT2D eigenvalue weighted by Gasteiger charge is 2.30. The Bertz CT molecular complexity index is 814. The third-order valence-corrected chi connectivity index (χ3v) is 4.06. The summed E-state index contributed by atoms with van der Waals surface area (Å²) in [5.41, 5.74) is 1.65. The summed E-state index contributed by atoms with van der Waals surface area (Å²) >= 11 is 0. The van der Waals surface area contributed by atoms with Gasteiger partial charge in [-0.1, -0.05) is 12.1 Å².